The number of nitrogens with zero attached hydrogens (tertiary/aromatic N) is 1. The molecule has 2 aliphatic heterocycles. The minimum Gasteiger partial charge on any atom is -0.345 e. The molecule has 0 aromatic heterocycles. The predicted molar refractivity (Wildman–Crippen MR) is 37.7 cm³/mol. The molecular weight excluding hydrogens is 144 g/mol. The molecule has 2 fully saturated rings. The molecule has 0 unspecified atom stereocenters. The van der Waals surface area contributed by atoms with Gasteiger partial charge in [-0.2, -0.15) is 0 Å². The van der Waals surface area contributed by atoms with E-state index in [-0.39, 0.29) is 24.4 Å². The van der Waals surface area contributed by atoms with E-state index in [0.29, 0.717) is 0 Å². The van der Waals surface area contributed by atoms with Crippen LogP contribution in [0.15, 0.2) is 0 Å². The summed E-state index contributed by atoms with van der Waals surface area (Å²) in [6.45, 7) is 0.951. The molecule has 0 spiro atoms. The Hall–Kier alpha value is -1.06. The molecule has 4 nitrogen and oxygen atoms in total. The van der Waals surface area contributed by atoms with Crippen LogP contribution in [-0.2, 0) is 9.59 Å². The summed E-state index contributed by atoms with van der Waals surface area (Å²) in [7, 11) is 0. The molecule has 0 radical (unpaired) electrons. The molecule has 2 aliphatic rings. The van der Waals surface area contributed by atoms with Crippen molar-refractivity contribution in [3.05, 3.63) is 0 Å². The summed E-state index contributed by atoms with van der Waals surface area (Å²) in [6, 6.07) is -0.156. The number of amides is 2. The van der Waals surface area contributed by atoms with Crippen molar-refractivity contribution in [1.82, 2.24) is 10.2 Å². The van der Waals surface area contributed by atoms with Gasteiger partial charge in [-0.15, -0.1) is 0 Å². The summed E-state index contributed by atoms with van der Waals surface area (Å²) in [5.41, 5.74) is 0. The first-order valence-electron chi connectivity index (χ1n) is 3.86. The van der Waals surface area contributed by atoms with Gasteiger partial charge in [0.15, 0.2) is 0 Å². The van der Waals surface area contributed by atoms with Gasteiger partial charge in [0.05, 0.1) is 6.54 Å². The van der Waals surface area contributed by atoms with Gasteiger partial charge in [0.1, 0.15) is 6.04 Å². The number of carbonyl (C=O) groups is 2. The third-order valence-electron chi connectivity index (χ3n) is 2.29. The first kappa shape index (κ1) is 6.64. The van der Waals surface area contributed by atoms with Crippen LogP contribution in [0, 0.1) is 0 Å². The van der Waals surface area contributed by atoms with E-state index in [4.69, 9.17) is 0 Å². The van der Waals surface area contributed by atoms with Gasteiger partial charge in [-0.1, -0.05) is 0 Å². The normalized spacial score (nSPS) is 30.2. The molecular formula is C7H10N2O2. The fourth-order valence-corrected chi connectivity index (χ4v) is 1.72. The van der Waals surface area contributed by atoms with Gasteiger partial charge in [-0.3, -0.25) is 9.59 Å². The Kier molecular flexibility index (Phi) is 1.34. The van der Waals surface area contributed by atoms with Crippen LogP contribution >= 0.6 is 0 Å². The van der Waals surface area contributed by atoms with E-state index < -0.39 is 0 Å². The summed E-state index contributed by atoms with van der Waals surface area (Å²) in [5.74, 6) is 0.0780. The van der Waals surface area contributed by atoms with Gasteiger partial charge in [-0.05, 0) is 12.8 Å². The average Bonchev–Trinajstić information content (AvgIpc) is 2.45. The Morgan fingerprint density at radius 2 is 2.27 bits per heavy atom. The molecule has 1 N–H and O–H groups in total. The average molecular weight is 154 g/mol. The monoisotopic (exact) mass is 154 g/mol. The first-order chi connectivity index (χ1) is 5.29. The molecule has 2 amide bonds. The summed E-state index contributed by atoms with van der Waals surface area (Å²) < 4.78 is 0. The maximum absolute atomic E-state index is 11.1. The zero-order valence-corrected chi connectivity index (χ0v) is 6.17. The molecule has 2 heterocycles. The van der Waals surface area contributed by atoms with Gasteiger partial charge in [-0.25, -0.2) is 0 Å². The van der Waals surface area contributed by atoms with Crippen molar-refractivity contribution >= 4 is 11.8 Å². The molecule has 0 aliphatic carbocycles. The lowest BCUT2D eigenvalue weighted by molar-refractivity contribution is -0.143. The highest BCUT2D eigenvalue weighted by atomic mass is 16.2. The zero-order chi connectivity index (χ0) is 7.84. The zero-order valence-electron chi connectivity index (χ0n) is 6.17. The predicted octanol–water partition coefficient (Wildman–Crippen LogP) is -0.893. The van der Waals surface area contributed by atoms with Crippen LogP contribution in [0.3, 0.4) is 0 Å². The van der Waals surface area contributed by atoms with E-state index in [2.05, 4.69) is 5.32 Å². The van der Waals surface area contributed by atoms with Crippen LogP contribution in [0.25, 0.3) is 0 Å². The minimum absolute atomic E-state index is 0.0158. The number of hydrogen-bond donors (Lipinski definition) is 1. The fourth-order valence-electron chi connectivity index (χ4n) is 1.72. The van der Waals surface area contributed by atoms with Crippen molar-refractivity contribution in [3.8, 4) is 0 Å². The van der Waals surface area contributed by atoms with Crippen LogP contribution in [0.1, 0.15) is 12.8 Å². The molecule has 1 atom stereocenters. The van der Waals surface area contributed by atoms with E-state index >= 15 is 0 Å². The van der Waals surface area contributed by atoms with E-state index in [1.807, 2.05) is 0 Å². The molecule has 2 rings (SSSR count). The summed E-state index contributed by atoms with van der Waals surface area (Å²) in [6.07, 6.45) is 1.79. The Bertz CT molecular complexity index is 192. The minimum atomic E-state index is -0.156. The number of carbonyl (C=O) groups excluding carboxylic acids is 2. The summed E-state index contributed by atoms with van der Waals surface area (Å²) in [4.78, 5) is 23.9. The van der Waals surface area contributed by atoms with Crippen LogP contribution in [0.5, 0.6) is 0 Å². The third kappa shape index (κ3) is 0.895. The van der Waals surface area contributed by atoms with E-state index in [9.17, 15) is 9.59 Å². The van der Waals surface area contributed by atoms with Crippen LogP contribution in [0.4, 0.5) is 0 Å². The Balaban J connectivity index is 2.20. The van der Waals surface area contributed by atoms with E-state index in [1.165, 1.54) is 0 Å². The van der Waals surface area contributed by atoms with Crippen molar-refractivity contribution in [2.24, 2.45) is 0 Å². The smallest absolute Gasteiger partial charge is 0.243 e. The number of rotatable bonds is 0. The second kappa shape index (κ2) is 2.22. The molecule has 0 saturated carbocycles. The molecule has 11 heavy (non-hydrogen) atoms. The van der Waals surface area contributed by atoms with Gasteiger partial charge < -0.3 is 10.2 Å². The lowest BCUT2D eigenvalue weighted by Gasteiger charge is -2.28. The second-order valence-corrected chi connectivity index (χ2v) is 2.96. The lowest BCUT2D eigenvalue weighted by Crippen LogP contribution is -2.55. The largest absolute Gasteiger partial charge is 0.345 e. The standard InChI is InChI=1S/C7H10N2O2/c10-6-4-8-7(11)5-2-1-3-9(5)6/h5H,1-4H2,(H,8,11)/t5-/m1/s1. The van der Waals surface area contributed by atoms with Gasteiger partial charge in [0.2, 0.25) is 11.8 Å². The number of hydrogen-bond acceptors (Lipinski definition) is 2. The SMILES string of the molecule is O=C1NCC(=O)N2CCC[C@H]12. The molecule has 0 bridgehead atoms. The quantitative estimate of drug-likeness (QED) is 0.492. The van der Waals surface area contributed by atoms with Crippen LogP contribution < -0.4 is 5.32 Å². The van der Waals surface area contributed by atoms with Gasteiger partial charge in [0.25, 0.3) is 0 Å². The molecule has 60 valence electrons. The van der Waals surface area contributed by atoms with Crippen molar-refractivity contribution in [2.45, 2.75) is 18.9 Å². The number of fused-ring (bicyclic) bond motifs is 1. The van der Waals surface area contributed by atoms with Gasteiger partial charge >= 0.3 is 0 Å². The third-order valence-corrected chi connectivity index (χ3v) is 2.29. The van der Waals surface area contributed by atoms with Crippen molar-refractivity contribution < 1.29 is 9.59 Å². The number of nitrogens with one attached hydrogen (secondary N) is 1. The van der Waals surface area contributed by atoms with Crippen molar-refractivity contribution in [3.63, 3.8) is 0 Å². The molecule has 2 saturated heterocycles. The van der Waals surface area contributed by atoms with Crippen molar-refractivity contribution in [1.29, 1.82) is 0 Å². The van der Waals surface area contributed by atoms with Crippen LogP contribution in [0.2, 0.25) is 0 Å². The molecule has 4 heteroatoms. The highest BCUT2D eigenvalue weighted by Crippen LogP contribution is 2.19. The highest BCUT2D eigenvalue weighted by Gasteiger charge is 2.37. The molecule has 0 aromatic carbocycles. The summed E-state index contributed by atoms with van der Waals surface area (Å²) >= 11 is 0. The highest BCUT2D eigenvalue weighted by molar-refractivity contribution is 5.95. The Morgan fingerprint density at radius 1 is 1.45 bits per heavy atom. The summed E-state index contributed by atoms with van der Waals surface area (Å²) in [5, 5.41) is 2.57. The first-order valence-corrected chi connectivity index (χ1v) is 3.86. The van der Waals surface area contributed by atoms with Crippen LogP contribution in [-0.4, -0.2) is 35.8 Å². The molecule has 0 aromatic rings. The Labute approximate surface area is 64.5 Å². The van der Waals surface area contributed by atoms with Crippen molar-refractivity contribution in [2.75, 3.05) is 13.1 Å². The van der Waals surface area contributed by atoms with E-state index in [0.717, 1.165) is 19.4 Å². The lowest BCUT2D eigenvalue weighted by atomic mass is 10.2. The van der Waals surface area contributed by atoms with E-state index in [1.54, 1.807) is 4.90 Å². The maximum Gasteiger partial charge on any atom is 0.243 e. The topological polar surface area (TPSA) is 49.4 Å². The fraction of sp³-hybridized carbons (Fsp3) is 0.714. The Morgan fingerprint density at radius 3 is 3.00 bits per heavy atom. The van der Waals surface area contributed by atoms with Gasteiger partial charge in [0, 0.05) is 6.54 Å². The number of piperazine rings is 1. The maximum atomic E-state index is 11.1. The second-order valence-electron chi connectivity index (χ2n) is 2.96.